The molecule has 0 saturated carbocycles. The summed E-state index contributed by atoms with van der Waals surface area (Å²) in [5, 5.41) is 17.3. The van der Waals surface area contributed by atoms with Gasteiger partial charge in [-0.25, -0.2) is 28.0 Å². The largest absolute Gasteiger partial charge is 0.466 e. The van der Waals surface area contributed by atoms with Crippen LogP contribution in [0.4, 0.5) is 4.79 Å². The van der Waals surface area contributed by atoms with Crippen LogP contribution in [0, 0.1) is 11.3 Å². The monoisotopic (exact) mass is 634 g/mol. The Balaban J connectivity index is 1.61. The number of esters is 1. The number of rotatable bonds is 9. The zero-order valence-corrected chi connectivity index (χ0v) is 26.4. The molecule has 5 rings (SSSR count). The van der Waals surface area contributed by atoms with Crippen molar-refractivity contribution in [2.24, 2.45) is 0 Å². The Labute approximate surface area is 260 Å². The van der Waals surface area contributed by atoms with Gasteiger partial charge in [-0.05, 0) is 33.8 Å². The summed E-state index contributed by atoms with van der Waals surface area (Å²) >= 11 is 0. The molecule has 0 spiro atoms. The Bertz CT molecular complexity index is 1880. The molecule has 1 fully saturated rings. The fourth-order valence-corrected chi connectivity index (χ4v) is 6.69. The Hall–Kier alpha value is -4.81. The SMILES string of the molecule is CCS(=O)(=O)N1CC(CC#N)(n2cc(-c3ncnc4c3ccn4[C@](NC(=O)OC(C)(C)C)(C(=O)OC)c3ccccc3)cn2)C1. The molecule has 1 aliphatic heterocycles. The van der Waals surface area contributed by atoms with Gasteiger partial charge in [0.25, 0.3) is 0 Å². The summed E-state index contributed by atoms with van der Waals surface area (Å²) in [6.07, 6.45) is 5.45. The number of amides is 1. The second kappa shape index (κ2) is 11.6. The summed E-state index contributed by atoms with van der Waals surface area (Å²) in [4.78, 5) is 35.9. The smallest absolute Gasteiger partial charge is 0.410 e. The predicted molar refractivity (Wildman–Crippen MR) is 163 cm³/mol. The van der Waals surface area contributed by atoms with E-state index in [0.717, 1.165) is 0 Å². The fourth-order valence-electron chi connectivity index (χ4n) is 5.45. The number of nitrogens with zero attached hydrogens (tertiary/aromatic N) is 7. The second-order valence-electron chi connectivity index (χ2n) is 11.7. The molecule has 0 bridgehead atoms. The molecular formula is C30H34N8O6S. The van der Waals surface area contributed by atoms with E-state index in [-0.39, 0.29) is 25.3 Å². The first-order valence-electron chi connectivity index (χ1n) is 14.2. The minimum absolute atomic E-state index is 0.0330. The number of sulfonamides is 1. The van der Waals surface area contributed by atoms with E-state index in [2.05, 4.69) is 26.5 Å². The van der Waals surface area contributed by atoms with Crippen molar-refractivity contribution in [2.75, 3.05) is 26.0 Å². The van der Waals surface area contributed by atoms with E-state index in [1.807, 2.05) is 0 Å². The molecule has 45 heavy (non-hydrogen) atoms. The standard InChI is InChI=1S/C30H34N8O6S/c1-6-45(41,42)36-18-29(19-36,13-14-31)38-17-21(16-34-38)24-23-12-15-37(25(23)33-20-32-24)30(26(39)43-5,22-10-8-7-9-11-22)35-27(40)44-28(2,3)4/h7-12,15-17,20H,6,13,18-19H2,1-5H3,(H,35,40)/t30-/m0/s1. The van der Waals surface area contributed by atoms with Gasteiger partial charge in [0.1, 0.15) is 23.1 Å². The third kappa shape index (κ3) is 5.62. The number of alkyl carbamates (subject to hydrolysis) is 1. The van der Waals surface area contributed by atoms with Crippen LogP contribution in [0.25, 0.3) is 22.3 Å². The average molecular weight is 635 g/mol. The lowest BCUT2D eigenvalue weighted by atomic mass is 9.89. The van der Waals surface area contributed by atoms with Crippen LogP contribution in [0.5, 0.6) is 0 Å². The number of aromatic nitrogens is 5. The molecule has 1 saturated heterocycles. The van der Waals surface area contributed by atoms with E-state index in [0.29, 0.717) is 27.9 Å². The van der Waals surface area contributed by atoms with Gasteiger partial charge in [-0.3, -0.25) is 14.6 Å². The van der Waals surface area contributed by atoms with Crippen LogP contribution in [-0.2, 0) is 35.5 Å². The molecule has 4 heterocycles. The molecule has 3 aromatic heterocycles. The van der Waals surface area contributed by atoms with Gasteiger partial charge in [-0.2, -0.15) is 14.7 Å². The molecule has 0 unspecified atom stereocenters. The predicted octanol–water partition coefficient (Wildman–Crippen LogP) is 2.97. The first-order chi connectivity index (χ1) is 21.3. The highest BCUT2D eigenvalue weighted by Gasteiger charge is 2.50. The molecule has 236 valence electrons. The van der Waals surface area contributed by atoms with E-state index in [1.165, 1.54) is 22.3 Å². The van der Waals surface area contributed by atoms with Crippen LogP contribution in [0.2, 0.25) is 0 Å². The van der Waals surface area contributed by atoms with Crippen LogP contribution in [0.15, 0.2) is 61.3 Å². The third-order valence-corrected chi connectivity index (χ3v) is 9.42. The van der Waals surface area contributed by atoms with E-state index < -0.39 is 38.9 Å². The Morgan fingerprint density at radius 1 is 1.13 bits per heavy atom. The molecule has 15 heteroatoms. The average Bonchev–Trinajstić information content (AvgIpc) is 3.65. The minimum atomic E-state index is -3.41. The molecule has 1 atom stereocenters. The van der Waals surface area contributed by atoms with Crippen molar-refractivity contribution in [2.45, 2.75) is 50.9 Å². The van der Waals surface area contributed by atoms with E-state index in [9.17, 15) is 23.3 Å². The van der Waals surface area contributed by atoms with Crippen molar-refractivity contribution in [3.63, 3.8) is 0 Å². The number of benzene rings is 1. The normalized spacial score (nSPS) is 16.3. The molecule has 14 nitrogen and oxygen atoms in total. The van der Waals surface area contributed by atoms with Crippen LogP contribution in [0.1, 0.15) is 39.7 Å². The van der Waals surface area contributed by atoms with Crippen molar-refractivity contribution in [3.05, 3.63) is 66.9 Å². The zero-order valence-electron chi connectivity index (χ0n) is 25.6. The molecule has 1 aliphatic rings. The van der Waals surface area contributed by atoms with E-state index >= 15 is 0 Å². The van der Waals surface area contributed by atoms with Gasteiger partial charge >= 0.3 is 12.1 Å². The number of carbonyl (C=O) groups is 2. The minimum Gasteiger partial charge on any atom is -0.466 e. The number of methoxy groups -OCH3 is 1. The number of nitriles is 1. The molecule has 0 aliphatic carbocycles. The topological polar surface area (TPSA) is 174 Å². The maximum atomic E-state index is 13.7. The molecule has 1 N–H and O–H groups in total. The number of ether oxygens (including phenoxy) is 2. The molecule has 1 aromatic carbocycles. The number of nitrogens with one attached hydrogen (secondary N) is 1. The lowest BCUT2D eigenvalue weighted by Gasteiger charge is -2.47. The highest BCUT2D eigenvalue weighted by atomic mass is 32.2. The van der Waals surface area contributed by atoms with Crippen LogP contribution in [0.3, 0.4) is 0 Å². The van der Waals surface area contributed by atoms with Crippen molar-refractivity contribution in [3.8, 4) is 17.3 Å². The van der Waals surface area contributed by atoms with Crippen molar-refractivity contribution < 1.29 is 27.5 Å². The zero-order chi connectivity index (χ0) is 32.6. The summed E-state index contributed by atoms with van der Waals surface area (Å²) in [7, 11) is -2.19. The second-order valence-corrected chi connectivity index (χ2v) is 14.0. The van der Waals surface area contributed by atoms with E-state index in [4.69, 9.17) is 9.47 Å². The number of hydrogen-bond donors (Lipinski definition) is 1. The number of carbonyl (C=O) groups excluding carboxylic acids is 2. The molecule has 1 amide bonds. The maximum absolute atomic E-state index is 13.7. The van der Waals surface area contributed by atoms with Gasteiger partial charge in [0.15, 0.2) is 0 Å². The van der Waals surface area contributed by atoms with Gasteiger partial charge < -0.3 is 9.47 Å². The van der Waals surface area contributed by atoms with Gasteiger partial charge in [-0.15, -0.1) is 0 Å². The summed E-state index contributed by atoms with van der Waals surface area (Å²) in [5.41, 5.74) is -1.84. The van der Waals surface area contributed by atoms with Gasteiger partial charge in [0.05, 0.1) is 37.2 Å². The van der Waals surface area contributed by atoms with E-state index in [1.54, 1.807) is 87.4 Å². The Morgan fingerprint density at radius 3 is 2.47 bits per heavy atom. The highest BCUT2D eigenvalue weighted by Crippen LogP contribution is 2.37. The summed E-state index contributed by atoms with van der Waals surface area (Å²) in [5.74, 6) is -0.825. The summed E-state index contributed by atoms with van der Waals surface area (Å²) in [6.45, 7) is 6.97. The van der Waals surface area contributed by atoms with Crippen LogP contribution < -0.4 is 5.32 Å². The Morgan fingerprint density at radius 2 is 1.84 bits per heavy atom. The quantitative estimate of drug-likeness (QED) is 0.270. The Kier molecular flexibility index (Phi) is 8.15. The maximum Gasteiger partial charge on any atom is 0.410 e. The molecule has 0 radical (unpaired) electrons. The summed E-state index contributed by atoms with van der Waals surface area (Å²) in [6, 6.07) is 12.5. The van der Waals surface area contributed by atoms with Crippen molar-refractivity contribution in [1.82, 2.24) is 33.9 Å². The number of fused-ring (bicyclic) bond motifs is 1. The summed E-state index contributed by atoms with van der Waals surface area (Å²) < 4.78 is 40.0. The lowest BCUT2D eigenvalue weighted by molar-refractivity contribution is -0.150. The van der Waals surface area contributed by atoms with Gasteiger partial charge in [0, 0.05) is 42.0 Å². The first kappa shape index (κ1) is 31.6. The van der Waals surface area contributed by atoms with Gasteiger partial charge in [0.2, 0.25) is 15.7 Å². The fraction of sp³-hybridized carbons (Fsp3) is 0.400. The molecular weight excluding hydrogens is 600 g/mol. The van der Waals surface area contributed by atoms with Crippen molar-refractivity contribution in [1.29, 1.82) is 5.26 Å². The van der Waals surface area contributed by atoms with Gasteiger partial charge in [-0.1, -0.05) is 30.3 Å². The van der Waals surface area contributed by atoms with Crippen LogP contribution >= 0.6 is 0 Å². The van der Waals surface area contributed by atoms with Crippen molar-refractivity contribution >= 4 is 33.1 Å². The molecule has 4 aromatic rings. The third-order valence-electron chi connectivity index (χ3n) is 7.65. The first-order valence-corrected chi connectivity index (χ1v) is 15.8. The lowest BCUT2D eigenvalue weighted by Crippen LogP contribution is -2.64. The number of hydrogen-bond acceptors (Lipinski definition) is 10. The van der Waals surface area contributed by atoms with Crippen LogP contribution in [-0.4, -0.2) is 80.7 Å². The highest BCUT2D eigenvalue weighted by molar-refractivity contribution is 7.89.